The van der Waals surface area contributed by atoms with Gasteiger partial charge in [0, 0.05) is 12.0 Å². The first-order valence-corrected chi connectivity index (χ1v) is 6.62. The molecule has 0 unspecified atom stereocenters. The number of aliphatic carboxylic acids is 1. The predicted octanol–water partition coefficient (Wildman–Crippen LogP) is 2.17. The summed E-state index contributed by atoms with van der Waals surface area (Å²) in [6.07, 6.45) is 0.553. The van der Waals surface area contributed by atoms with E-state index < -0.39 is 23.6 Å². The highest BCUT2D eigenvalue weighted by Gasteiger charge is 2.29. The van der Waals surface area contributed by atoms with Gasteiger partial charge in [0.15, 0.2) is 17.5 Å². The van der Waals surface area contributed by atoms with E-state index in [0.29, 0.717) is 12.3 Å². The first kappa shape index (κ1) is 16.0. The van der Waals surface area contributed by atoms with Crippen molar-refractivity contribution in [2.75, 3.05) is 7.05 Å². The summed E-state index contributed by atoms with van der Waals surface area (Å²) in [5.74, 6) is -2.87. The molecule has 6 nitrogen and oxygen atoms in total. The molecule has 22 heavy (non-hydrogen) atoms. The number of halogens is 2. The van der Waals surface area contributed by atoms with Crippen LogP contribution in [0.5, 0.6) is 0 Å². The van der Waals surface area contributed by atoms with Crippen molar-refractivity contribution >= 4 is 5.97 Å². The van der Waals surface area contributed by atoms with E-state index in [-0.39, 0.29) is 17.9 Å². The van der Waals surface area contributed by atoms with Crippen LogP contribution in [-0.2, 0) is 17.8 Å². The zero-order chi connectivity index (χ0) is 16.3. The molecule has 0 radical (unpaired) electrons. The molecule has 0 bridgehead atoms. The van der Waals surface area contributed by atoms with Crippen molar-refractivity contribution in [3.05, 3.63) is 47.1 Å². The topological polar surface area (TPSA) is 79.5 Å². The van der Waals surface area contributed by atoms with Crippen LogP contribution < -0.4 is 0 Å². The molecule has 1 atom stereocenters. The van der Waals surface area contributed by atoms with Crippen LogP contribution >= 0.6 is 0 Å². The Bertz CT molecular complexity index is 675. The molecule has 0 saturated carbocycles. The average Bonchev–Trinajstić information content (AvgIpc) is 2.91. The van der Waals surface area contributed by atoms with E-state index in [2.05, 4.69) is 10.1 Å². The normalized spacial score (nSPS) is 12.6. The summed E-state index contributed by atoms with van der Waals surface area (Å²) >= 11 is 0. The largest absolute Gasteiger partial charge is 0.480 e. The zero-order valence-corrected chi connectivity index (χ0v) is 12.1. The molecule has 0 fully saturated rings. The SMILES string of the molecule is CCc1nc(CN(C)[C@H](C(=O)O)c2cccc(F)c2F)no1. The summed E-state index contributed by atoms with van der Waals surface area (Å²) < 4.78 is 32.1. The number of aryl methyl sites for hydroxylation is 1. The lowest BCUT2D eigenvalue weighted by Gasteiger charge is -2.24. The fourth-order valence-electron chi connectivity index (χ4n) is 2.10. The van der Waals surface area contributed by atoms with Crippen LogP contribution in [0.2, 0.25) is 0 Å². The summed E-state index contributed by atoms with van der Waals surface area (Å²) in [5.41, 5.74) is -0.255. The molecule has 118 valence electrons. The van der Waals surface area contributed by atoms with E-state index in [1.54, 1.807) is 0 Å². The molecule has 0 aliphatic rings. The molecule has 1 N–H and O–H groups in total. The second-order valence-corrected chi connectivity index (χ2v) is 4.76. The van der Waals surface area contributed by atoms with Crippen LogP contribution in [0, 0.1) is 11.6 Å². The Morgan fingerprint density at radius 3 is 2.77 bits per heavy atom. The van der Waals surface area contributed by atoms with Gasteiger partial charge in [-0.05, 0) is 13.1 Å². The predicted molar refractivity (Wildman–Crippen MR) is 71.9 cm³/mol. The van der Waals surface area contributed by atoms with Crippen LogP contribution in [0.3, 0.4) is 0 Å². The summed E-state index contributed by atoms with van der Waals surface area (Å²) in [6.45, 7) is 1.86. The van der Waals surface area contributed by atoms with Gasteiger partial charge in [-0.25, -0.2) is 8.78 Å². The van der Waals surface area contributed by atoms with Crippen molar-refractivity contribution in [3.8, 4) is 0 Å². The number of carboxylic acid groups (broad SMARTS) is 1. The maximum Gasteiger partial charge on any atom is 0.325 e. The third kappa shape index (κ3) is 3.28. The Kier molecular flexibility index (Phi) is 4.81. The zero-order valence-electron chi connectivity index (χ0n) is 12.1. The Balaban J connectivity index is 2.27. The number of hydrogen-bond donors (Lipinski definition) is 1. The number of nitrogens with zero attached hydrogens (tertiary/aromatic N) is 3. The molecule has 0 saturated heterocycles. The van der Waals surface area contributed by atoms with Crippen molar-refractivity contribution in [1.82, 2.24) is 15.0 Å². The molecule has 2 aromatic rings. The van der Waals surface area contributed by atoms with E-state index in [1.807, 2.05) is 6.92 Å². The quantitative estimate of drug-likeness (QED) is 0.880. The van der Waals surface area contributed by atoms with Gasteiger partial charge >= 0.3 is 5.97 Å². The molecule has 0 aliphatic heterocycles. The highest BCUT2D eigenvalue weighted by molar-refractivity contribution is 5.75. The third-order valence-corrected chi connectivity index (χ3v) is 3.15. The first-order chi connectivity index (χ1) is 10.4. The highest BCUT2D eigenvalue weighted by Crippen LogP contribution is 2.25. The standard InChI is InChI=1S/C14H15F2N3O3/c1-3-11-17-10(18-22-11)7-19(2)13(14(20)21)8-5-4-6-9(15)12(8)16/h4-6,13H,3,7H2,1-2H3,(H,20,21)/t13-/m0/s1. The molecule has 1 heterocycles. The lowest BCUT2D eigenvalue weighted by molar-refractivity contribution is -0.143. The fraction of sp³-hybridized carbons (Fsp3) is 0.357. The van der Waals surface area contributed by atoms with Crippen LogP contribution in [0.25, 0.3) is 0 Å². The summed E-state index contributed by atoms with van der Waals surface area (Å²) in [7, 11) is 1.46. The Morgan fingerprint density at radius 2 is 2.18 bits per heavy atom. The van der Waals surface area contributed by atoms with Crippen LogP contribution in [0.15, 0.2) is 22.7 Å². The number of likely N-dealkylation sites (N-methyl/N-ethyl adjacent to an activating group) is 1. The van der Waals surface area contributed by atoms with Gasteiger partial charge in [0.25, 0.3) is 0 Å². The molecular weight excluding hydrogens is 296 g/mol. The molecule has 0 aliphatic carbocycles. The first-order valence-electron chi connectivity index (χ1n) is 6.62. The lowest BCUT2D eigenvalue weighted by atomic mass is 10.0. The molecule has 8 heteroatoms. The second-order valence-electron chi connectivity index (χ2n) is 4.76. The number of benzene rings is 1. The van der Waals surface area contributed by atoms with Gasteiger partial charge in [-0.2, -0.15) is 4.98 Å². The number of hydrogen-bond acceptors (Lipinski definition) is 5. The van der Waals surface area contributed by atoms with Gasteiger partial charge in [-0.15, -0.1) is 0 Å². The molecule has 0 spiro atoms. The smallest absolute Gasteiger partial charge is 0.325 e. The van der Waals surface area contributed by atoms with Crippen LogP contribution in [0.4, 0.5) is 8.78 Å². The van der Waals surface area contributed by atoms with Gasteiger partial charge < -0.3 is 9.63 Å². The van der Waals surface area contributed by atoms with Crippen LogP contribution in [-0.4, -0.2) is 33.2 Å². The molecule has 1 aromatic heterocycles. The van der Waals surface area contributed by atoms with Crippen molar-refractivity contribution < 1.29 is 23.2 Å². The maximum atomic E-state index is 13.9. The monoisotopic (exact) mass is 311 g/mol. The Morgan fingerprint density at radius 1 is 1.45 bits per heavy atom. The molecule has 2 rings (SSSR count). The molecule has 0 amide bonds. The van der Waals surface area contributed by atoms with Gasteiger partial charge in [0.05, 0.1) is 6.54 Å². The number of carbonyl (C=O) groups is 1. The van der Waals surface area contributed by atoms with E-state index >= 15 is 0 Å². The minimum absolute atomic E-state index is 0.0242. The summed E-state index contributed by atoms with van der Waals surface area (Å²) in [4.78, 5) is 16.8. The van der Waals surface area contributed by atoms with Gasteiger partial charge in [0.2, 0.25) is 5.89 Å². The van der Waals surface area contributed by atoms with Crippen molar-refractivity contribution in [2.45, 2.75) is 25.9 Å². The third-order valence-electron chi connectivity index (χ3n) is 3.15. The number of carboxylic acids is 1. The Labute approximate surface area is 125 Å². The maximum absolute atomic E-state index is 13.9. The number of aromatic nitrogens is 2. The minimum Gasteiger partial charge on any atom is -0.480 e. The lowest BCUT2D eigenvalue weighted by Crippen LogP contribution is -2.31. The summed E-state index contributed by atoms with van der Waals surface area (Å²) in [5, 5.41) is 13.1. The van der Waals surface area contributed by atoms with E-state index in [1.165, 1.54) is 24.1 Å². The van der Waals surface area contributed by atoms with Crippen molar-refractivity contribution in [3.63, 3.8) is 0 Å². The molecule has 1 aromatic carbocycles. The Hall–Kier alpha value is -2.35. The summed E-state index contributed by atoms with van der Waals surface area (Å²) in [6, 6.07) is 2.08. The van der Waals surface area contributed by atoms with Crippen molar-refractivity contribution in [2.24, 2.45) is 0 Å². The van der Waals surface area contributed by atoms with Gasteiger partial charge in [0.1, 0.15) is 6.04 Å². The second kappa shape index (κ2) is 6.61. The average molecular weight is 311 g/mol. The van der Waals surface area contributed by atoms with Gasteiger partial charge in [-0.3, -0.25) is 9.69 Å². The minimum atomic E-state index is -1.36. The van der Waals surface area contributed by atoms with E-state index in [4.69, 9.17) is 4.52 Å². The van der Waals surface area contributed by atoms with E-state index in [9.17, 15) is 18.7 Å². The van der Waals surface area contributed by atoms with Crippen molar-refractivity contribution in [1.29, 1.82) is 0 Å². The fourth-order valence-corrected chi connectivity index (χ4v) is 2.10. The number of rotatable bonds is 6. The van der Waals surface area contributed by atoms with E-state index in [0.717, 1.165) is 6.07 Å². The van der Waals surface area contributed by atoms with Gasteiger partial charge in [-0.1, -0.05) is 24.2 Å². The van der Waals surface area contributed by atoms with Crippen LogP contribution in [0.1, 0.15) is 30.2 Å². The highest BCUT2D eigenvalue weighted by atomic mass is 19.2. The molecular formula is C14H15F2N3O3.